The second kappa shape index (κ2) is 6.73. The number of fused-ring (bicyclic) bond motifs is 1. The Balaban J connectivity index is 1.99. The molecule has 0 spiro atoms. The highest BCUT2D eigenvalue weighted by Crippen LogP contribution is 2.26. The van der Waals surface area contributed by atoms with E-state index in [1.807, 2.05) is 49.6 Å². The Morgan fingerprint density at radius 2 is 2.00 bits per heavy atom. The molecule has 0 N–H and O–H groups in total. The molecule has 0 aliphatic carbocycles. The highest BCUT2D eigenvalue weighted by Gasteiger charge is 2.18. The van der Waals surface area contributed by atoms with Gasteiger partial charge in [0.15, 0.2) is 5.16 Å². The van der Waals surface area contributed by atoms with Gasteiger partial charge in [0.05, 0.1) is 40.4 Å². The summed E-state index contributed by atoms with van der Waals surface area (Å²) in [7, 11) is 0.374. The van der Waals surface area contributed by atoms with Crippen molar-refractivity contribution in [3.8, 4) is 5.75 Å². The summed E-state index contributed by atoms with van der Waals surface area (Å²) in [6.07, 6.45) is 1.77. The molecule has 0 radical (unpaired) electrons. The van der Waals surface area contributed by atoms with E-state index >= 15 is 0 Å². The molecule has 2 heterocycles. The number of hydrogen-bond donors (Lipinski definition) is 0. The van der Waals surface area contributed by atoms with Gasteiger partial charge in [0.25, 0.3) is 0 Å². The van der Waals surface area contributed by atoms with Gasteiger partial charge >= 0.3 is 0 Å². The van der Waals surface area contributed by atoms with E-state index in [-0.39, 0.29) is 0 Å². The fourth-order valence-electron chi connectivity index (χ4n) is 2.94. The summed E-state index contributed by atoms with van der Waals surface area (Å²) in [5, 5.41) is 0.597. The molecule has 126 valence electrons. The molecule has 0 saturated carbocycles. The maximum absolute atomic E-state index is 12.9. The first kappa shape index (κ1) is 16.6. The molecule has 24 heavy (non-hydrogen) atoms. The van der Waals surface area contributed by atoms with Crippen molar-refractivity contribution in [1.82, 2.24) is 14.5 Å². The number of methoxy groups -OCH3 is 1. The third-order valence-electron chi connectivity index (χ3n) is 4.16. The van der Waals surface area contributed by atoms with Crippen molar-refractivity contribution in [1.29, 1.82) is 0 Å². The van der Waals surface area contributed by atoms with Crippen molar-refractivity contribution < 1.29 is 8.95 Å². The number of rotatable bonds is 5. The quantitative estimate of drug-likeness (QED) is 0.712. The molecule has 0 bridgehead atoms. The van der Waals surface area contributed by atoms with Crippen LogP contribution < -0.4 is 4.74 Å². The van der Waals surface area contributed by atoms with E-state index in [4.69, 9.17) is 4.74 Å². The third kappa shape index (κ3) is 2.82. The van der Waals surface area contributed by atoms with Gasteiger partial charge < -0.3 is 9.30 Å². The van der Waals surface area contributed by atoms with E-state index < -0.39 is 10.8 Å². The number of aryl methyl sites for hydroxylation is 2. The number of ether oxygens (including phenoxy) is 1. The van der Waals surface area contributed by atoms with E-state index in [1.165, 1.54) is 0 Å². The number of imidazole rings is 1. The SMILES string of the molecule is CCn1c(S(=O)Cc2ncc(C)c(OC)c2C)nc2ccccc21. The number of nitrogens with zero attached hydrogens (tertiary/aromatic N) is 3. The van der Waals surface area contributed by atoms with Crippen molar-refractivity contribution in [3.63, 3.8) is 0 Å². The van der Waals surface area contributed by atoms with Crippen LogP contribution in [0.1, 0.15) is 23.7 Å². The summed E-state index contributed by atoms with van der Waals surface area (Å²) < 4.78 is 20.4. The van der Waals surface area contributed by atoms with Crippen LogP contribution in [0.4, 0.5) is 0 Å². The number of para-hydroxylation sites is 2. The summed E-state index contributed by atoms with van der Waals surface area (Å²) in [5.41, 5.74) is 4.57. The van der Waals surface area contributed by atoms with Crippen LogP contribution in [0.5, 0.6) is 5.75 Å². The highest BCUT2D eigenvalue weighted by atomic mass is 32.2. The van der Waals surface area contributed by atoms with Gasteiger partial charge in [-0.1, -0.05) is 12.1 Å². The fourth-order valence-corrected chi connectivity index (χ4v) is 4.28. The van der Waals surface area contributed by atoms with Crippen LogP contribution in [0.3, 0.4) is 0 Å². The number of benzene rings is 1. The number of pyridine rings is 1. The lowest BCUT2D eigenvalue weighted by Gasteiger charge is -2.12. The van der Waals surface area contributed by atoms with E-state index in [2.05, 4.69) is 9.97 Å². The van der Waals surface area contributed by atoms with E-state index in [0.29, 0.717) is 10.9 Å². The Bertz CT molecular complexity index is 918. The van der Waals surface area contributed by atoms with E-state index in [0.717, 1.165) is 40.1 Å². The third-order valence-corrected chi connectivity index (χ3v) is 5.41. The van der Waals surface area contributed by atoms with Crippen molar-refractivity contribution >= 4 is 21.8 Å². The van der Waals surface area contributed by atoms with Gasteiger partial charge in [0.2, 0.25) is 0 Å². The maximum Gasteiger partial charge on any atom is 0.200 e. The Labute approximate surface area is 144 Å². The molecule has 5 nitrogen and oxygen atoms in total. The largest absolute Gasteiger partial charge is 0.496 e. The minimum atomic E-state index is -1.27. The smallest absolute Gasteiger partial charge is 0.200 e. The molecule has 1 atom stereocenters. The first-order valence-corrected chi connectivity index (χ1v) is 9.21. The zero-order chi connectivity index (χ0) is 17.3. The number of aromatic nitrogens is 3. The van der Waals surface area contributed by atoms with Gasteiger partial charge in [-0.15, -0.1) is 0 Å². The van der Waals surface area contributed by atoms with Gasteiger partial charge in [0.1, 0.15) is 5.75 Å². The minimum absolute atomic E-state index is 0.325. The second-order valence-corrected chi connectivity index (χ2v) is 7.01. The van der Waals surface area contributed by atoms with Crippen molar-refractivity contribution in [2.75, 3.05) is 7.11 Å². The van der Waals surface area contributed by atoms with Crippen molar-refractivity contribution in [2.24, 2.45) is 0 Å². The molecule has 0 fully saturated rings. The van der Waals surface area contributed by atoms with Gasteiger partial charge in [0, 0.05) is 23.9 Å². The molecule has 0 aliphatic heterocycles. The van der Waals surface area contributed by atoms with Gasteiger partial charge in [-0.2, -0.15) is 0 Å². The molecule has 3 rings (SSSR count). The van der Waals surface area contributed by atoms with Crippen molar-refractivity contribution in [3.05, 3.63) is 47.3 Å². The molecule has 0 amide bonds. The summed E-state index contributed by atoms with van der Waals surface area (Å²) in [6, 6.07) is 7.86. The minimum Gasteiger partial charge on any atom is -0.496 e. The van der Waals surface area contributed by atoms with E-state index in [1.54, 1.807) is 13.3 Å². The molecular weight excluding hydrogens is 322 g/mol. The van der Waals surface area contributed by atoms with Gasteiger partial charge in [-0.3, -0.25) is 9.19 Å². The summed E-state index contributed by atoms with van der Waals surface area (Å²) >= 11 is 0. The normalized spacial score (nSPS) is 12.5. The zero-order valence-electron chi connectivity index (χ0n) is 14.4. The molecule has 0 aliphatic rings. The van der Waals surface area contributed by atoms with Crippen molar-refractivity contribution in [2.45, 2.75) is 38.2 Å². The van der Waals surface area contributed by atoms with Crippen LogP contribution >= 0.6 is 0 Å². The van der Waals surface area contributed by atoms with Crippen LogP contribution in [-0.4, -0.2) is 25.9 Å². The predicted molar refractivity (Wildman–Crippen MR) is 95.8 cm³/mol. The topological polar surface area (TPSA) is 57.0 Å². The average molecular weight is 343 g/mol. The summed E-state index contributed by atoms with van der Waals surface area (Å²) in [5.74, 6) is 1.13. The highest BCUT2D eigenvalue weighted by molar-refractivity contribution is 7.84. The van der Waals surface area contributed by atoms with Gasteiger partial charge in [-0.25, -0.2) is 4.98 Å². The zero-order valence-corrected chi connectivity index (χ0v) is 15.2. The Kier molecular flexibility index (Phi) is 4.66. The summed E-state index contributed by atoms with van der Waals surface area (Å²) in [4.78, 5) is 9.02. The monoisotopic (exact) mass is 343 g/mol. The second-order valence-electron chi connectivity index (χ2n) is 5.66. The fraction of sp³-hybridized carbons (Fsp3) is 0.333. The predicted octanol–water partition coefficient (Wildman–Crippen LogP) is 3.38. The Hall–Kier alpha value is -2.21. The molecule has 6 heteroatoms. The number of hydrogen-bond acceptors (Lipinski definition) is 4. The van der Waals surface area contributed by atoms with Crippen LogP contribution in [0, 0.1) is 13.8 Å². The van der Waals surface area contributed by atoms with Crippen LogP contribution in [-0.2, 0) is 23.1 Å². The molecule has 2 aromatic heterocycles. The summed E-state index contributed by atoms with van der Waals surface area (Å²) in [6.45, 7) is 6.67. The lowest BCUT2D eigenvalue weighted by Crippen LogP contribution is -2.09. The molecule has 0 saturated heterocycles. The molecule has 3 aromatic rings. The first-order valence-electron chi connectivity index (χ1n) is 7.89. The average Bonchev–Trinajstić information content (AvgIpc) is 2.96. The molecule has 1 aromatic carbocycles. The van der Waals surface area contributed by atoms with Gasteiger partial charge in [-0.05, 0) is 32.9 Å². The Morgan fingerprint density at radius 3 is 2.71 bits per heavy atom. The van der Waals surface area contributed by atoms with Crippen LogP contribution in [0.25, 0.3) is 11.0 Å². The van der Waals surface area contributed by atoms with E-state index in [9.17, 15) is 4.21 Å². The van der Waals surface area contributed by atoms with Crippen LogP contribution in [0.2, 0.25) is 0 Å². The maximum atomic E-state index is 12.9. The molecular formula is C18H21N3O2S. The lowest BCUT2D eigenvalue weighted by atomic mass is 10.1. The Morgan fingerprint density at radius 1 is 1.25 bits per heavy atom. The lowest BCUT2D eigenvalue weighted by molar-refractivity contribution is 0.407. The standard InChI is InChI=1S/C18H21N3O2S/c1-5-21-16-9-7-6-8-14(16)20-18(21)24(22)11-15-13(3)17(23-4)12(2)10-19-15/h6-10H,5,11H2,1-4H3. The first-order chi connectivity index (χ1) is 11.6. The van der Waals surface area contributed by atoms with Crippen LogP contribution in [0.15, 0.2) is 35.6 Å². The molecule has 1 unspecified atom stereocenters.